The first-order valence-corrected chi connectivity index (χ1v) is 11.0. The van der Waals surface area contributed by atoms with Crippen LogP contribution in [-0.4, -0.2) is 26.9 Å². The molecule has 4 nitrogen and oxygen atoms in total. The van der Waals surface area contributed by atoms with Gasteiger partial charge in [-0.2, -0.15) is 0 Å². The Morgan fingerprint density at radius 3 is 2.61 bits per heavy atom. The topological polar surface area (TPSA) is 38.1 Å². The Labute approximate surface area is 183 Å². The highest BCUT2D eigenvalue weighted by Crippen LogP contribution is 2.35. The number of benzene rings is 2. The molecule has 31 heavy (non-hydrogen) atoms. The van der Waals surface area contributed by atoms with Crippen molar-refractivity contribution in [3.8, 4) is 0 Å². The smallest absolute Gasteiger partial charge is 0.223 e. The molecule has 0 radical (unpaired) electrons. The summed E-state index contributed by atoms with van der Waals surface area (Å²) in [6, 6.07) is 21.2. The number of para-hydroxylation sites is 1. The minimum absolute atomic E-state index is 0.239. The molecule has 0 aliphatic carbocycles. The molecule has 1 aliphatic heterocycles. The van der Waals surface area contributed by atoms with Gasteiger partial charge in [0.1, 0.15) is 0 Å². The third kappa shape index (κ3) is 4.11. The maximum Gasteiger partial charge on any atom is 0.223 e. The second kappa shape index (κ2) is 8.38. The molecule has 1 unspecified atom stereocenters. The van der Waals surface area contributed by atoms with Crippen molar-refractivity contribution in [1.29, 1.82) is 0 Å². The summed E-state index contributed by atoms with van der Waals surface area (Å²) in [6.07, 6.45) is 7.42. The van der Waals surface area contributed by atoms with Crippen LogP contribution in [0.2, 0.25) is 0 Å². The largest absolute Gasteiger partial charge is 0.343 e. The quantitative estimate of drug-likeness (QED) is 0.449. The van der Waals surface area contributed by atoms with Gasteiger partial charge in [-0.25, -0.2) is 0 Å². The molecule has 0 bridgehead atoms. The third-order valence-corrected chi connectivity index (χ3v) is 6.34. The number of carbonyl (C=O) groups is 1. The van der Waals surface area contributed by atoms with Crippen molar-refractivity contribution in [3.63, 3.8) is 0 Å². The van der Waals surface area contributed by atoms with E-state index in [2.05, 4.69) is 71.2 Å². The molecule has 1 atom stereocenters. The predicted octanol–water partition coefficient (Wildman–Crippen LogP) is 5.30. The van der Waals surface area contributed by atoms with Gasteiger partial charge in [-0.15, -0.1) is 0 Å². The van der Waals surface area contributed by atoms with Crippen LogP contribution in [0.4, 0.5) is 0 Å². The average molecular weight is 410 g/mol. The Morgan fingerprint density at radius 1 is 0.968 bits per heavy atom. The van der Waals surface area contributed by atoms with Crippen LogP contribution < -0.4 is 0 Å². The fraction of sp³-hybridized carbons (Fsp3) is 0.259. The van der Waals surface area contributed by atoms with Gasteiger partial charge in [-0.05, 0) is 54.2 Å². The van der Waals surface area contributed by atoms with Crippen molar-refractivity contribution in [2.45, 2.75) is 38.8 Å². The number of aromatic nitrogens is 2. The summed E-state index contributed by atoms with van der Waals surface area (Å²) in [4.78, 5) is 19.0. The minimum atomic E-state index is 0.239. The second-order valence-electron chi connectivity index (χ2n) is 8.58. The molecular formula is C27H27N3O. The Kier molecular flexibility index (Phi) is 5.29. The second-order valence-corrected chi connectivity index (χ2v) is 8.58. The van der Waals surface area contributed by atoms with Crippen LogP contribution in [0.25, 0.3) is 10.9 Å². The van der Waals surface area contributed by atoms with E-state index in [1.807, 2.05) is 17.0 Å². The number of likely N-dealkylation sites (tertiary alicyclic amines) is 1. The van der Waals surface area contributed by atoms with Gasteiger partial charge < -0.3 is 9.47 Å². The molecule has 4 aromatic rings. The van der Waals surface area contributed by atoms with E-state index < -0.39 is 0 Å². The van der Waals surface area contributed by atoms with E-state index in [0.717, 1.165) is 25.1 Å². The number of hydrogen-bond donors (Lipinski definition) is 0. The predicted molar refractivity (Wildman–Crippen MR) is 124 cm³/mol. The van der Waals surface area contributed by atoms with Crippen molar-refractivity contribution in [2.24, 2.45) is 0 Å². The van der Waals surface area contributed by atoms with Crippen LogP contribution in [0.3, 0.4) is 0 Å². The van der Waals surface area contributed by atoms with E-state index in [-0.39, 0.29) is 11.8 Å². The standard InChI is InChI=1S/C27H27N3O/c1-20-5-4-6-22(15-20)18-30-19-25(24-7-2-3-8-26(24)30)23-11-14-29(27(31)16-23)17-21-9-12-28-13-10-21/h2-10,12-13,15,19,23H,11,14,16-18H2,1H3. The fourth-order valence-corrected chi connectivity index (χ4v) is 4.76. The summed E-state index contributed by atoms with van der Waals surface area (Å²) in [7, 11) is 0. The number of rotatable bonds is 5. The number of amides is 1. The number of carbonyl (C=O) groups excluding carboxylic acids is 1. The van der Waals surface area contributed by atoms with E-state index in [1.165, 1.54) is 27.6 Å². The molecule has 2 aromatic carbocycles. The van der Waals surface area contributed by atoms with Crippen LogP contribution in [0.5, 0.6) is 0 Å². The lowest BCUT2D eigenvalue weighted by Gasteiger charge is -2.31. The van der Waals surface area contributed by atoms with Gasteiger partial charge in [0.2, 0.25) is 5.91 Å². The van der Waals surface area contributed by atoms with Crippen LogP contribution >= 0.6 is 0 Å². The molecule has 1 aliphatic rings. The summed E-state index contributed by atoms with van der Waals surface area (Å²) in [5.41, 5.74) is 6.26. The first-order valence-electron chi connectivity index (χ1n) is 11.0. The molecule has 1 saturated heterocycles. The van der Waals surface area contributed by atoms with Gasteiger partial charge in [0.15, 0.2) is 0 Å². The molecule has 0 spiro atoms. The van der Waals surface area contributed by atoms with Gasteiger partial charge in [-0.3, -0.25) is 9.78 Å². The minimum Gasteiger partial charge on any atom is -0.343 e. The Hall–Kier alpha value is -3.40. The van der Waals surface area contributed by atoms with Gasteiger partial charge in [-0.1, -0.05) is 48.0 Å². The summed E-state index contributed by atoms with van der Waals surface area (Å²) in [6.45, 7) is 4.44. The monoisotopic (exact) mass is 409 g/mol. The van der Waals surface area contributed by atoms with Crippen LogP contribution in [0, 0.1) is 6.92 Å². The lowest BCUT2D eigenvalue weighted by molar-refractivity contribution is -0.134. The molecule has 5 rings (SSSR count). The Bertz CT molecular complexity index is 1210. The summed E-state index contributed by atoms with van der Waals surface area (Å²) >= 11 is 0. The van der Waals surface area contributed by atoms with E-state index in [9.17, 15) is 4.79 Å². The Balaban J connectivity index is 1.39. The molecule has 4 heteroatoms. The van der Waals surface area contributed by atoms with Crippen molar-refractivity contribution < 1.29 is 4.79 Å². The molecule has 1 fully saturated rings. The number of fused-ring (bicyclic) bond motifs is 1. The number of piperidine rings is 1. The first-order chi connectivity index (χ1) is 15.2. The van der Waals surface area contributed by atoms with Gasteiger partial charge >= 0.3 is 0 Å². The van der Waals surface area contributed by atoms with Gasteiger partial charge in [0, 0.05) is 55.5 Å². The average Bonchev–Trinajstić information content (AvgIpc) is 3.14. The lowest BCUT2D eigenvalue weighted by Crippen LogP contribution is -2.37. The van der Waals surface area contributed by atoms with Crippen LogP contribution in [0.15, 0.2) is 79.3 Å². The number of nitrogens with zero attached hydrogens (tertiary/aromatic N) is 3. The zero-order valence-electron chi connectivity index (χ0n) is 17.9. The van der Waals surface area contributed by atoms with Crippen molar-refractivity contribution in [1.82, 2.24) is 14.5 Å². The van der Waals surface area contributed by atoms with Crippen molar-refractivity contribution >= 4 is 16.8 Å². The highest BCUT2D eigenvalue weighted by molar-refractivity contribution is 5.86. The molecule has 3 heterocycles. The van der Waals surface area contributed by atoms with Crippen LogP contribution in [0.1, 0.15) is 41.0 Å². The summed E-state index contributed by atoms with van der Waals surface area (Å²) < 4.78 is 2.34. The van der Waals surface area contributed by atoms with Crippen LogP contribution in [-0.2, 0) is 17.9 Å². The molecular weight excluding hydrogens is 382 g/mol. The molecule has 1 amide bonds. The molecule has 0 saturated carbocycles. The van der Waals surface area contributed by atoms with Crippen molar-refractivity contribution in [3.05, 3.63) is 102 Å². The summed E-state index contributed by atoms with van der Waals surface area (Å²) in [5, 5.41) is 1.27. The lowest BCUT2D eigenvalue weighted by atomic mass is 9.88. The number of aryl methyl sites for hydroxylation is 1. The normalized spacial score (nSPS) is 16.7. The van der Waals surface area contributed by atoms with E-state index in [1.54, 1.807) is 12.4 Å². The fourth-order valence-electron chi connectivity index (χ4n) is 4.76. The van der Waals surface area contributed by atoms with E-state index >= 15 is 0 Å². The number of pyridine rings is 1. The zero-order valence-corrected chi connectivity index (χ0v) is 17.9. The number of hydrogen-bond acceptors (Lipinski definition) is 2. The summed E-state index contributed by atoms with van der Waals surface area (Å²) in [5.74, 6) is 0.508. The van der Waals surface area contributed by atoms with Gasteiger partial charge in [0.25, 0.3) is 0 Å². The van der Waals surface area contributed by atoms with Gasteiger partial charge in [0.05, 0.1) is 0 Å². The van der Waals surface area contributed by atoms with Crippen molar-refractivity contribution in [2.75, 3.05) is 6.54 Å². The first kappa shape index (κ1) is 19.6. The van der Waals surface area contributed by atoms with E-state index in [4.69, 9.17) is 0 Å². The maximum absolute atomic E-state index is 13.0. The highest BCUT2D eigenvalue weighted by Gasteiger charge is 2.29. The SMILES string of the molecule is Cc1cccc(Cn2cc(C3CCN(Cc4ccncc4)C(=O)C3)c3ccccc32)c1. The molecule has 156 valence electrons. The Morgan fingerprint density at radius 2 is 1.81 bits per heavy atom. The molecule has 0 N–H and O–H groups in total. The molecule has 2 aromatic heterocycles. The van der Waals surface area contributed by atoms with E-state index in [0.29, 0.717) is 13.0 Å². The zero-order chi connectivity index (χ0) is 21.2. The third-order valence-electron chi connectivity index (χ3n) is 6.34. The highest BCUT2D eigenvalue weighted by atomic mass is 16.2. The maximum atomic E-state index is 13.0.